The summed E-state index contributed by atoms with van der Waals surface area (Å²) in [5.74, 6) is 1.21. The molecule has 3 nitrogen and oxygen atoms in total. The van der Waals surface area contributed by atoms with E-state index in [0.717, 1.165) is 15.4 Å². The number of rotatable bonds is 5. The number of methoxy groups -OCH3 is 1. The number of hydrogen-bond donors (Lipinski definition) is 0. The third kappa shape index (κ3) is 3.47. The van der Waals surface area contributed by atoms with Crippen LogP contribution in [0, 0.1) is 3.57 Å². The molecule has 0 bridgehead atoms. The molecule has 2 aromatic rings. The molecule has 0 saturated carbocycles. The van der Waals surface area contributed by atoms with Gasteiger partial charge in [-0.2, -0.15) is 0 Å². The summed E-state index contributed by atoms with van der Waals surface area (Å²) in [4.78, 5) is 10.9. The van der Waals surface area contributed by atoms with Gasteiger partial charge in [-0.1, -0.05) is 30.3 Å². The first-order valence-electron chi connectivity index (χ1n) is 5.74. The van der Waals surface area contributed by atoms with Crippen LogP contribution in [-0.4, -0.2) is 13.4 Å². The lowest BCUT2D eigenvalue weighted by Crippen LogP contribution is -1.99. The first-order valence-corrected chi connectivity index (χ1v) is 6.82. The molecule has 0 heterocycles. The largest absolute Gasteiger partial charge is 0.493 e. The Balaban J connectivity index is 2.20. The van der Waals surface area contributed by atoms with E-state index in [2.05, 4.69) is 22.6 Å². The summed E-state index contributed by atoms with van der Waals surface area (Å²) in [7, 11) is 1.56. The highest BCUT2D eigenvalue weighted by Gasteiger charge is 2.10. The second-order valence-electron chi connectivity index (χ2n) is 3.92. The van der Waals surface area contributed by atoms with Crippen molar-refractivity contribution in [3.63, 3.8) is 0 Å². The van der Waals surface area contributed by atoms with Crippen molar-refractivity contribution in [1.82, 2.24) is 0 Å². The fourth-order valence-electron chi connectivity index (χ4n) is 1.65. The summed E-state index contributed by atoms with van der Waals surface area (Å²) in [5.41, 5.74) is 1.68. The van der Waals surface area contributed by atoms with E-state index in [9.17, 15) is 4.79 Å². The van der Waals surface area contributed by atoms with Gasteiger partial charge in [-0.3, -0.25) is 4.79 Å². The zero-order chi connectivity index (χ0) is 13.7. The van der Waals surface area contributed by atoms with Gasteiger partial charge in [0, 0.05) is 9.13 Å². The second-order valence-corrected chi connectivity index (χ2v) is 5.08. The second kappa shape index (κ2) is 6.56. The molecule has 0 atom stereocenters. The van der Waals surface area contributed by atoms with E-state index in [0.29, 0.717) is 23.7 Å². The Morgan fingerprint density at radius 3 is 2.53 bits per heavy atom. The SMILES string of the molecule is COc1cc(C=O)c(I)cc1OCc1ccccc1. The Morgan fingerprint density at radius 2 is 1.89 bits per heavy atom. The normalized spacial score (nSPS) is 10.0. The summed E-state index contributed by atoms with van der Waals surface area (Å²) in [6.45, 7) is 0.466. The van der Waals surface area contributed by atoms with Crippen molar-refractivity contribution in [2.24, 2.45) is 0 Å². The summed E-state index contributed by atoms with van der Waals surface area (Å²) in [6, 6.07) is 13.4. The van der Waals surface area contributed by atoms with Gasteiger partial charge in [-0.25, -0.2) is 0 Å². The van der Waals surface area contributed by atoms with Crippen LogP contribution in [0.4, 0.5) is 0 Å². The Morgan fingerprint density at radius 1 is 1.16 bits per heavy atom. The minimum Gasteiger partial charge on any atom is -0.493 e. The van der Waals surface area contributed by atoms with Gasteiger partial charge in [0.25, 0.3) is 0 Å². The van der Waals surface area contributed by atoms with Crippen molar-refractivity contribution >= 4 is 28.9 Å². The van der Waals surface area contributed by atoms with Crippen molar-refractivity contribution in [2.45, 2.75) is 6.61 Å². The molecule has 19 heavy (non-hydrogen) atoms. The Kier molecular flexibility index (Phi) is 4.79. The van der Waals surface area contributed by atoms with E-state index in [1.54, 1.807) is 13.2 Å². The molecule has 0 fully saturated rings. The maximum Gasteiger partial charge on any atom is 0.162 e. The third-order valence-electron chi connectivity index (χ3n) is 2.65. The highest BCUT2D eigenvalue weighted by atomic mass is 127. The molecule has 0 spiro atoms. The van der Waals surface area contributed by atoms with Crippen molar-refractivity contribution in [3.8, 4) is 11.5 Å². The summed E-state index contributed by atoms with van der Waals surface area (Å²) in [5, 5.41) is 0. The molecule has 98 valence electrons. The number of halogens is 1. The molecule has 0 unspecified atom stereocenters. The number of hydrogen-bond acceptors (Lipinski definition) is 3. The first kappa shape index (κ1) is 13.9. The van der Waals surface area contributed by atoms with Gasteiger partial charge in [0.1, 0.15) is 6.61 Å². The zero-order valence-corrected chi connectivity index (χ0v) is 12.6. The molecule has 4 heteroatoms. The van der Waals surface area contributed by atoms with Crippen LogP contribution in [0.15, 0.2) is 42.5 Å². The number of carbonyl (C=O) groups is 1. The van der Waals surface area contributed by atoms with Gasteiger partial charge in [0.2, 0.25) is 0 Å². The quantitative estimate of drug-likeness (QED) is 0.597. The van der Waals surface area contributed by atoms with E-state index in [-0.39, 0.29) is 0 Å². The van der Waals surface area contributed by atoms with E-state index in [4.69, 9.17) is 9.47 Å². The smallest absolute Gasteiger partial charge is 0.162 e. The van der Waals surface area contributed by atoms with E-state index in [1.807, 2.05) is 36.4 Å². The lowest BCUT2D eigenvalue weighted by molar-refractivity contribution is 0.112. The maximum atomic E-state index is 10.9. The summed E-state index contributed by atoms with van der Waals surface area (Å²) >= 11 is 2.11. The highest BCUT2D eigenvalue weighted by Crippen LogP contribution is 2.31. The predicted molar refractivity (Wildman–Crippen MR) is 81.9 cm³/mol. The molecular weight excluding hydrogens is 355 g/mol. The van der Waals surface area contributed by atoms with Gasteiger partial charge >= 0.3 is 0 Å². The Labute approximate surface area is 125 Å². The molecule has 0 aliphatic rings. The van der Waals surface area contributed by atoms with Gasteiger partial charge in [0.05, 0.1) is 7.11 Å². The third-order valence-corrected chi connectivity index (χ3v) is 3.58. The number of carbonyl (C=O) groups excluding carboxylic acids is 1. The number of benzene rings is 2. The summed E-state index contributed by atoms with van der Waals surface area (Å²) in [6.07, 6.45) is 0.811. The highest BCUT2D eigenvalue weighted by molar-refractivity contribution is 14.1. The topological polar surface area (TPSA) is 35.5 Å². The molecule has 2 aromatic carbocycles. The van der Waals surface area contributed by atoms with Gasteiger partial charge in [-0.15, -0.1) is 0 Å². The molecule has 0 N–H and O–H groups in total. The zero-order valence-electron chi connectivity index (χ0n) is 10.4. The van der Waals surface area contributed by atoms with Crippen molar-refractivity contribution in [3.05, 3.63) is 57.2 Å². The summed E-state index contributed by atoms with van der Waals surface area (Å²) < 4.78 is 11.8. The molecule has 0 aliphatic heterocycles. The monoisotopic (exact) mass is 368 g/mol. The van der Waals surface area contributed by atoms with E-state index >= 15 is 0 Å². The van der Waals surface area contributed by atoms with Gasteiger partial charge < -0.3 is 9.47 Å². The number of aldehydes is 1. The average Bonchev–Trinajstić information content (AvgIpc) is 2.46. The lowest BCUT2D eigenvalue weighted by atomic mass is 10.2. The van der Waals surface area contributed by atoms with Crippen LogP contribution in [0.25, 0.3) is 0 Å². The maximum absolute atomic E-state index is 10.9. The molecule has 0 aromatic heterocycles. The van der Waals surface area contributed by atoms with E-state index < -0.39 is 0 Å². The van der Waals surface area contributed by atoms with Crippen molar-refractivity contribution < 1.29 is 14.3 Å². The minimum atomic E-state index is 0.466. The molecule has 0 amide bonds. The van der Waals surface area contributed by atoms with Crippen molar-refractivity contribution in [2.75, 3.05) is 7.11 Å². The van der Waals surface area contributed by atoms with Crippen molar-refractivity contribution in [1.29, 1.82) is 0 Å². The van der Waals surface area contributed by atoms with Gasteiger partial charge in [-0.05, 0) is 40.3 Å². The van der Waals surface area contributed by atoms with Crippen LogP contribution in [0.1, 0.15) is 15.9 Å². The first-order chi connectivity index (χ1) is 9.24. The predicted octanol–water partition coefficient (Wildman–Crippen LogP) is 3.69. The lowest BCUT2D eigenvalue weighted by Gasteiger charge is -2.12. The fraction of sp³-hybridized carbons (Fsp3) is 0.133. The van der Waals surface area contributed by atoms with Crippen LogP contribution in [-0.2, 0) is 6.61 Å². The van der Waals surface area contributed by atoms with Gasteiger partial charge in [0.15, 0.2) is 17.8 Å². The van der Waals surface area contributed by atoms with Crippen LogP contribution in [0.5, 0.6) is 11.5 Å². The van der Waals surface area contributed by atoms with Crippen LogP contribution < -0.4 is 9.47 Å². The molecule has 0 saturated heterocycles. The number of ether oxygens (including phenoxy) is 2. The average molecular weight is 368 g/mol. The van der Waals surface area contributed by atoms with Crippen LogP contribution in [0.2, 0.25) is 0 Å². The van der Waals surface area contributed by atoms with Crippen LogP contribution in [0.3, 0.4) is 0 Å². The molecule has 0 radical (unpaired) electrons. The standard InChI is InChI=1S/C15H13IO3/c1-18-14-7-12(9-17)13(16)8-15(14)19-10-11-5-3-2-4-6-11/h2-9H,10H2,1H3. The van der Waals surface area contributed by atoms with E-state index in [1.165, 1.54) is 0 Å². The molecular formula is C15H13IO3. The Bertz CT molecular complexity index is 567. The van der Waals surface area contributed by atoms with Crippen LogP contribution >= 0.6 is 22.6 Å². The molecule has 0 aliphatic carbocycles. The minimum absolute atomic E-state index is 0.466. The molecule has 2 rings (SSSR count). The Hall–Kier alpha value is -1.56. The fourth-order valence-corrected chi connectivity index (χ4v) is 2.21.